The standard InChI is InChI=1S/C31H28O11/c1-5-38-31(35)30(26(34)21-15-23(36-3)28(40-18(2)32)24(16-21)37-4)41-22-13-11-20-12-14-25(33)42-27(20)29(22)39-17-19-9-7-6-8-10-19/h6-16,30H,5,17H2,1-4H3. The second-order valence-electron chi connectivity index (χ2n) is 8.76. The lowest BCUT2D eigenvalue weighted by Gasteiger charge is -2.20. The molecule has 1 atom stereocenters. The van der Waals surface area contributed by atoms with Gasteiger partial charge in [0, 0.05) is 23.9 Å². The van der Waals surface area contributed by atoms with Crippen LogP contribution in [0.4, 0.5) is 0 Å². The number of carbonyl (C=O) groups excluding carboxylic acids is 3. The van der Waals surface area contributed by atoms with Gasteiger partial charge < -0.3 is 32.8 Å². The summed E-state index contributed by atoms with van der Waals surface area (Å²) in [4.78, 5) is 50.6. The minimum atomic E-state index is -1.81. The molecular weight excluding hydrogens is 548 g/mol. The monoisotopic (exact) mass is 576 g/mol. The molecule has 1 heterocycles. The number of esters is 2. The molecule has 11 nitrogen and oxygen atoms in total. The summed E-state index contributed by atoms with van der Waals surface area (Å²) in [6.45, 7) is 2.82. The topological polar surface area (TPSA) is 137 Å². The Morgan fingerprint density at radius 3 is 2.14 bits per heavy atom. The smallest absolute Gasteiger partial charge is 0.355 e. The van der Waals surface area contributed by atoms with Crippen molar-refractivity contribution < 1.29 is 47.2 Å². The van der Waals surface area contributed by atoms with Gasteiger partial charge in [-0.25, -0.2) is 9.59 Å². The molecule has 0 aliphatic rings. The van der Waals surface area contributed by atoms with Crippen LogP contribution in [0, 0.1) is 0 Å². The van der Waals surface area contributed by atoms with Crippen LogP contribution in [-0.4, -0.2) is 44.7 Å². The predicted octanol–water partition coefficient (Wildman–Crippen LogP) is 4.51. The first-order valence-electron chi connectivity index (χ1n) is 12.8. The van der Waals surface area contributed by atoms with Crippen LogP contribution in [0.15, 0.2) is 75.9 Å². The van der Waals surface area contributed by atoms with Gasteiger partial charge in [0.25, 0.3) is 6.10 Å². The van der Waals surface area contributed by atoms with Crippen LogP contribution in [0.25, 0.3) is 11.0 Å². The van der Waals surface area contributed by atoms with E-state index in [-0.39, 0.29) is 53.1 Å². The number of fused-ring (bicyclic) bond motifs is 1. The highest BCUT2D eigenvalue weighted by molar-refractivity contribution is 6.12. The molecule has 1 aromatic heterocycles. The van der Waals surface area contributed by atoms with Crippen molar-refractivity contribution in [1.82, 2.24) is 0 Å². The molecule has 0 fully saturated rings. The minimum absolute atomic E-state index is 0.00914. The summed E-state index contributed by atoms with van der Waals surface area (Å²) >= 11 is 0. The largest absolute Gasteiger partial charge is 0.493 e. The lowest BCUT2D eigenvalue weighted by atomic mass is 10.0. The number of ketones is 1. The van der Waals surface area contributed by atoms with E-state index in [4.69, 9.17) is 32.8 Å². The van der Waals surface area contributed by atoms with Crippen LogP contribution in [0.5, 0.6) is 28.7 Å². The molecule has 0 saturated carbocycles. The van der Waals surface area contributed by atoms with Crippen molar-refractivity contribution in [2.24, 2.45) is 0 Å². The Bertz CT molecular complexity index is 1630. The van der Waals surface area contributed by atoms with Crippen LogP contribution in [0.1, 0.15) is 29.8 Å². The Morgan fingerprint density at radius 1 is 0.857 bits per heavy atom. The Balaban J connectivity index is 1.78. The fourth-order valence-electron chi connectivity index (χ4n) is 4.02. The molecule has 4 aromatic rings. The quantitative estimate of drug-likeness (QED) is 0.0774. The lowest BCUT2D eigenvalue weighted by molar-refractivity contribution is -0.149. The van der Waals surface area contributed by atoms with Crippen molar-refractivity contribution in [2.45, 2.75) is 26.6 Å². The molecule has 3 aromatic carbocycles. The molecule has 0 saturated heterocycles. The Kier molecular flexibility index (Phi) is 9.43. The van der Waals surface area contributed by atoms with E-state index < -0.39 is 29.5 Å². The van der Waals surface area contributed by atoms with Crippen LogP contribution in [0.2, 0.25) is 0 Å². The van der Waals surface area contributed by atoms with Crippen molar-refractivity contribution in [3.63, 3.8) is 0 Å². The second-order valence-corrected chi connectivity index (χ2v) is 8.76. The van der Waals surface area contributed by atoms with Gasteiger partial charge >= 0.3 is 17.6 Å². The SMILES string of the molecule is CCOC(=O)C(Oc1ccc2ccc(=O)oc2c1OCc1ccccc1)C(=O)c1cc(OC)c(OC(C)=O)c(OC)c1. The maximum absolute atomic E-state index is 13.8. The maximum atomic E-state index is 13.8. The normalized spacial score (nSPS) is 11.3. The van der Waals surface area contributed by atoms with Crippen molar-refractivity contribution in [3.05, 3.63) is 88.3 Å². The predicted molar refractivity (Wildman–Crippen MR) is 149 cm³/mol. The van der Waals surface area contributed by atoms with Crippen LogP contribution < -0.4 is 29.3 Å². The van der Waals surface area contributed by atoms with E-state index in [0.717, 1.165) is 5.56 Å². The van der Waals surface area contributed by atoms with Crippen molar-refractivity contribution in [2.75, 3.05) is 20.8 Å². The van der Waals surface area contributed by atoms with Crippen LogP contribution in [0.3, 0.4) is 0 Å². The maximum Gasteiger partial charge on any atom is 0.355 e. The molecular formula is C31H28O11. The van der Waals surface area contributed by atoms with Crippen molar-refractivity contribution in [3.8, 4) is 28.7 Å². The van der Waals surface area contributed by atoms with Crippen LogP contribution in [-0.2, 0) is 20.9 Å². The first kappa shape index (κ1) is 29.7. The summed E-state index contributed by atoms with van der Waals surface area (Å²) in [6.07, 6.45) is -1.81. The molecule has 1 unspecified atom stereocenters. The fraction of sp³-hybridized carbons (Fsp3) is 0.226. The number of hydrogen-bond donors (Lipinski definition) is 0. The Labute approximate surface area is 240 Å². The fourth-order valence-corrected chi connectivity index (χ4v) is 4.02. The molecule has 0 aliphatic heterocycles. The zero-order valence-electron chi connectivity index (χ0n) is 23.3. The van der Waals surface area contributed by atoms with E-state index >= 15 is 0 Å². The third kappa shape index (κ3) is 6.69. The Hall–Kier alpha value is -5.32. The highest BCUT2D eigenvalue weighted by Gasteiger charge is 2.34. The average molecular weight is 577 g/mol. The summed E-state index contributed by atoms with van der Waals surface area (Å²) in [5.41, 5.74) is 0.190. The van der Waals surface area contributed by atoms with E-state index in [1.165, 1.54) is 45.4 Å². The number of methoxy groups -OCH3 is 2. The zero-order chi connectivity index (χ0) is 30.2. The molecule has 11 heteroatoms. The number of rotatable bonds is 12. The van der Waals surface area contributed by atoms with Gasteiger partial charge in [-0.2, -0.15) is 0 Å². The molecule has 0 radical (unpaired) electrons. The third-order valence-electron chi connectivity index (χ3n) is 5.91. The molecule has 0 spiro atoms. The minimum Gasteiger partial charge on any atom is -0.493 e. The third-order valence-corrected chi connectivity index (χ3v) is 5.91. The van der Waals surface area contributed by atoms with Crippen molar-refractivity contribution >= 4 is 28.7 Å². The van der Waals surface area contributed by atoms with Crippen molar-refractivity contribution in [1.29, 1.82) is 0 Å². The number of Topliss-reactive ketones (excluding diaryl/α,β-unsaturated/α-hetero) is 1. The molecule has 4 rings (SSSR count). The van der Waals surface area contributed by atoms with Gasteiger partial charge in [0.05, 0.1) is 20.8 Å². The van der Waals surface area contributed by atoms with E-state index in [1.54, 1.807) is 19.1 Å². The molecule has 0 aliphatic carbocycles. The van der Waals surface area contributed by atoms with Gasteiger partial charge in [0.1, 0.15) is 6.61 Å². The lowest BCUT2D eigenvalue weighted by Crippen LogP contribution is -2.37. The molecule has 0 bridgehead atoms. The van der Waals surface area contributed by atoms with Gasteiger partial charge in [0.15, 0.2) is 22.8 Å². The summed E-state index contributed by atoms with van der Waals surface area (Å²) in [5, 5.41) is 0.527. The van der Waals surface area contributed by atoms with E-state index in [2.05, 4.69) is 0 Å². The zero-order valence-corrected chi connectivity index (χ0v) is 23.3. The number of ether oxygens (including phenoxy) is 6. The highest BCUT2D eigenvalue weighted by Crippen LogP contribution is 2.40. The number of benzene rings is 3. The van der Waals surface area contributed by atoms with Gasteiger partial charge in [-0.1, -0.05) is 30.3 Å². The second kappa shape index (κ2) is 13.4. The summed E-state index contributed by atoms with van der Waals surface area (Å²) in [5.74, 6) is -2.49. The molecule has 42 heavy (non-hydrogen) atoms. The average Bonchev–Trinajstić information content (AvgIpc) is 2.99. The van der Waals surface area contributed by atoms with Gasteiger partial charge in [-0.05, 0) is 42.8 Å². The van der Waals surface area contributed by atoms with E-state index in [0.29, 0.717) is 5.39 Å². The first-order chi connectivity index (χ1) is 20.2. The molecule has 0 amide bonds. The van der Waals surface area contributed by atoms with Crippen LogP contribution >= 0.6 is 0 Å². The highest BCUT2D eigenvalue weighted by atomic mass is 16.6. The van der Waals surface area contributed by atoms with Gasteiger partial charge in [0.2, 0.25) is 17.3 Å². The summed E-state index contributed by atoms with van der Waals surface area (Å²) < 4.78 is 38.4. The van der Waals surface area contributed by atoms with Gasteiger partial charge in [-0.3, -0.25) is 9.59 Å². The first-order valence-corrected chi connectivity index (χ1v) is 12.8. The number of carbonyl (C=O) groups is 3. The Morgan fingerprint density at radius 2 is 1.52 bits per heavy atom. The van der Waals surface area contributed by atoms with Gasteiger partial charge in [-0.15, -0.1) is 0 Å². The molecule has 0 N–H and O–H groups in total. The summed E-state index contributed by atoms with van der Waals surface area (Å²) in [6, 6.07) is 17.7. The van der Waals surface area contributed by atoms with E-state index in [9.17, 15) is 19.2 Å². The summed E-state index contributed by atoms with van der Waals surface area (Å²) in [7, 11) is 2.63. The molecule has 218 valence electrons. The number of hydrogen-bond acceptors (Lipinski definition) is 11. The van der Waals surface area contributed by atoms with E-state index in [1.807, 2.05) is 30.3 Å².